The van der Waals surface area contributed by atoms with Gasteiger partial charge in [-0.2, -0.15) is 5.26 Å². The molecule has 0 aliphatic carbocycles. The summed E-state index contributed by atoms with van der Waals surface area (Å²) in [5.74, 6) is 0. The molecule has 0 aliphatic rings. The first-order valence-electron chi connectivity index (χ1n) is 3.12. The number of halogens is 1. The molecule has 0 N–H and O–H groups in total. The van der Waals surface area contributed by atoms with Crippen molar-refractivity contribution in [3.8, 4) is 6.19 Å². The SMILES string of the molecule is C/S(=N\C#N)c1cccc(Br)n1. The Morgan fingerprint density at radius 3 is 3.00 bits per heavy atom. The number of hydrogen-bond acceptors (Lipinski definition) is 3. The average molecular weight is 244 g/mol. The fourth-order valence-corrected chi connectivity index (χ4v) is 1.85. The van der Waals surface area contributed by atoms with Gasteiger partial charge in [0.2, 0.25) is 6.19 Å². The summed E-state index contributed by atoms with van der Waals surface area (Å²) in [4.78, 5) is 4.18. The molecule has 0 aromatic carbocycles. The third-order valence-electron chi connectivity index (χ3n) is 1.17. The van der Waals surface area contributed by atoms with Gasteiger partial charge in [-0.05, 0) is 45.0 Å². The predicted molar refractivity (Wildman–Crippen MR) is 51.5 cm³/mol. The lowest BCUT2D eigenvalue weighted by atomic mass is 10.5. The number of hydrogen-bond donors (Lipinski definition) is 0. The molecule has 0 saturated carbocycles. The lowest BCUT2D eigenvalue weighted by Crippen LogP contribution is -1.91. The lowest BCUT2D eigenvalue weighted by molar-refractivity contribution is 1.10. The van der Waals surface area contributed by atoms with Gasteiger partial charge >= 0.3 is 0 Å². The van der Waals surface area contributed by atoms with Crippen LogP contribution in [0.3, 0.4) is 0 Å². The Morgan fingerprint density at radius 2 is 2.42 bits per heavy atom. The van der Waals surface area contributed by atoms with Crippen LogP contribution in [0, 0.1) is 11.5 Å². The molecule has 0 spiro atoms. The number of nitriles is 1. The van der Waals surface area contributed by atoms with Gasteiger partial charge in [0.15, 0.2) is 0 Å². The maximum absolute atomic E-state index is 8.32. The van der Waals surface area contributed by atoms with E-state index in [4.69, 9.17) is 5.26 Å². The highest BCUT2D eigenvalue weighted by atomic mass is 79.9. The van der Waals surface area contributed by atoms with Gasteiger partial charge in [-0.15, -0.1) is 4.36 Å². The van der Waals surface area contributed by atoms with Crippen LogP contribution in [0.5, 0.6) is 0 Å². The van der Waals surface area contributed by atoms with E-state index in [0.29, 0.717) is 0 Å². The topological polar surface area (TPSA) is 49.0 Å². The average Bonchev–Trinajstić information content (AvgIpc) is 2.05. The molecular formula is C7H6BrN3S. The van der Waals surface area contributed by atoms with Crippen LogP contribution in [0.15, 0.2) is 32.2 Å². The summed E-state index contributed by atoms with van der Waals surface area (Å²) in [6.07, 6.45) is 3.63. The Balaban J connectivity index is 3.05. The van der Waals surface area contributed by atoms with E-state index in [1.165, 1.54) is 0 Å². The molecule has 0 saturated heterocycles. The van der Waals surface area contributed by atoms with Gasteiger partial charge in [0, 0.05) is 0 Å². The highest BCUT2D eigenvalue weighted by Gasteiger charge is 1.96. The molecule has 1 aromatic heterocycles. The molecule has 1 atom stereocenters. The smallest absolute Gasteiger partial charge is 0.212 e. The first-order valence-corrected chi connectivity index (χ1v) is 5.51. The zero-order valence-electron chi connectivity index (χ0n) is 6.36. The van der Waals surface area contributed by atoms with Crippen LogP contribution in [0.1, 0.15) is 0 Å². The van der Waals surface area contributed by atoms with E-state index in [-0.39, 0.29) is 0 Å². The number of rotatable bonds is 1. The summed E-state index contributed by atoms with van der Waals surface area (Å²) >= 11 is 3.25. The van der Waals surface area contributed by atoms with Gasteiger partial charge in [0.05, 0.1) is 0 Å². The van der Waals surface area contributed by atoms with Crippen molar-refractivity contribution >= 4 is 26.6 Å². The largest absolute Gasteiger partial charge is 0.234 e. The van der Waals surface area contributed by atoms with Crippen molar-refractivity contribution in [1.82, 2.24) is 4.98 Å². The van der Waals surface area contributed by atoms with Crippen molar-refractivity contribution < 1.29 is 0 Å². The standard InChI is InChI=1S/C7H6BrN3S/c1-12(10-5-9)7-4-2-3-6(8)11-7/h2-4H,1H3. The first kappa shape index (κ1) is 9.36. The number of pyridine rings is 1. The monoisotopic (exact) mass is 243 g/mol. The highest BCUT2D eigenvalue weighted by molar-refractivity contribution is 9.10. The third-order valence-corrected chi connectivity index (χ3v) is 2.80. The minimum absolute atomic E-state index is 0.421. The molecule has 0 bridgehead atoms. The molecule has 0 fully saturated rings. The van der Waals surface area contributed by atoms with Gasteiger partial charge in [0.25, 0.3) is 0 Å². The van der Waals surface area contributed by atoms with Gasteiger partial charge in [-0.3, -0.25) is 0 Å². The molecule has 0 aliphatic heterocycles. The second kappa shape index (κ2) is 4.33. The lowest BCUT2D eigenvalue weighted by Gasteiger charge is -1.97. The molecule has 12 heavy (non-hydrogen) atoms. The Hall–Kier alpha value is -0.730. The van der Waals surface area contributed by atoms with Crippen molar-refractivity contribution in [3.63, 3.8) is 0 Å². The molecule has 1 aromatic rings. The Kier molecular flexibility index (Phi) is 3.38. The Labute approximate surface area is 81.7 Å². The minimum atomic E-state index is -0.421. The van der Waals surface area contributed by atoms with E-state index in [1.807, 2.05) is 24.5 Å². The van der Waals surface area contributed by atoms with Crippen molar-refractivity contribution in [2.75, 3.05) is 6.26 Å². The number of nitrogens with zero attached hydrogens (tertiary/aromatic N) is 3. The molecule has 62 valence electrons. The molecule has 1 rings (SSSR count). The van der Waals surface area contributed by atoms with Crippen LogP contribution in [-0.2, 0) is 10.7 Å². The third kappa shape index (κ3) is 2.40. The van der Waals surface area contributed by atoms with Crippen LogP contribution in [0.25, 0.3) is 0 Å². The van der Waals surface area contributed by atoms with E-state index in [1.54, 1.807) is 6.19 Å². The summed E-state index contributed by atoms with van der Waals surface area (Å²) in [6, 6.07) is 5.57. The van der Waals surface area contributed by atoms with Crippen molar-refractivity contribution in [2.24, 2.45) is 4.36 Å². The van der Waals surface area contributed by atoms with E-state index in [9.17, 15) is 0 Å². The summed E-state index contributed by atoms with van der Waals surface area (Å²) < 4.78 is 4.46. The second-order valence-electron chi connectivity index (χ2n) is 1.97. The van der Waals surface area contributed by atoms with Crippen molar-refractivity contribution in [3.05, 3.63) is 22.8 Å². The zero-order valence-corrected chi connectivity index (χ0v) is 8.76. The van der Waals surface area contributed by atoms with Gasteiger partial charge < -0.3 is 0 Å². The van der Waals surface area contributed by atoms with Crippen LogP contribution < -0.4 is 0 Å². The fraction of sp³-hybridized carbons (Fsp3) is 0.143. The highest BCUT2D eigenvalue weighted by Crippen LogP contribution is 2.09. The Bertz CT molecular complexity index is 356. The summed E-state index contributed by atoms with van der Waals surface area (Å²) in [5.41, 5.74) is 0. The van der Waals surface area contributed by atoms with E-state index < -0.39 is 10.7 Å². The fourth-order valence-electron chi connectivity index (χ4n) is 0.662. The van der Waals surface area contributed by atoms with Crippen LogP contribution >= 0.6 is 15.9 Å². The van der Waals surface area contributed by atoms with Gasteiger partial charge in [-0.25, -0.2) is 4.98 Å². The summed E-state index contributed by atoms with van der Waals surface area (Å²) in [6.45, 7) is 0. The minimum Gasteiger partial charge on any atom is -0.234 e. The van der Waals surface area contributed by atoms with E-state index in [2.05, 4.69) is 25.3 Å². The summed E-state index contributed by atoms with van der Waals surface area (Å²) in [5, 5.41) is 9.14. The van der Waals surface area contributed by atoms with Crippen LogP contribution in [-0.4, -0.2) is 11.2 Å². The summed E-state index contributed by atoms with van der Waals surface area (Å²) in [7, 11) is -0.421. The normalized spacial score (nSPS) is 12.4. The Morgan fingerprint density at radius 1 is 1.67 bits per heavy atom. The molecule has 1 unspecified atom stereocenters. The van der Waals surface area contributed by atoms with Crippen LogP contribution in [0.2, 0.25) is 0 Å². The maximum Gasteiger partial charge on any atom is 0.212 e. The number of aromatic nitrogens is 1. The van der Waals surface area contributed by atoms with Crippen LogP contribution in [0.4, 0.5) is 0 Å². The van der Waals surface area contributed by atoms with Gasteiger partial charge in [0.1, 0.15) is 9.63 Å². The molecule has 1 heterocycles. The predicted octanol–water partition coefficient (Wildman–Crippen LogP) is 2.12. The van der Waals surface area contributed by atoms with E-state index >= 15 is 0 Å². The van der Waals surface area contributed by atoms with Crippen molar-refractivity contribution in [1.29, 1.82) is 5.26 Å². The van der Waals surface area contributed by atoms with Crippen molar-refractivity contribution in [2.45, 2.75) is 5.03 Å². The molecule has 5 heteroatoms. The van der Waals surface area contributed by atoms with Gasteiger partial charge in [-0.1, -0.05) is 6.07 Å². The first-order chi connectivity index (χ1) is 5.74. The second-order valence-corrected chi connectivity index (χ2v) is 4.34. The quantitative estimate of drug-likeness (QED) is 0.561. The zero-order chi connectivity index (χ0) is 8.97. The molecule has 3 nitrogen and oxygen atoms in total. The molecule has 0 radical (unpaired) electrons. The van der Waals surface area contributed by atoms with E-state index in [0.717, 1.165) is 9.63 Å². The molecule has 0 amide bonds. The molecular weight excluding hydrogens is 238 g/mol. The maximum atomic E-state index is 8.32.